The molecular formula is C14H22N4S. The molecule has 1 saturated carbocycles. The summed E-state index contributed by atoms with van der Waals surface area (Å²) >= 11 is 1.91. The van der Waals surface area contributed by atoms with Crippen LogP contribution in [0.15, 0.2) is 23.5 Å². The zero-order chi connectivity index (χ0) is 13.0. The van der Waals surface area contributed by atoms with Gasteiger partial charge in [-0.15, -0.1) is 0 Å². The molecule has 1 spiro atoms. The topological polar surface area (TPSA) is 42.2 Å². The van der Waals surface area contributed by atoms with Gasteiger partial charge in [-0.05, 0) is 24.3 Å². The predicted molar refractivity (Wildman–Crippen MR) is 80.5 cm³/mol. The van der Waals surface area contributed by atoms with Crippen LogP contribution >= 0.6 is 11.8 Å². The SMILES string of the molecule is c1cnn(CCNC2=NCC3(CCCCC3)CS2)c1. The zero-order valence-corrected chi connectivity index (χ0v) is 12.2. The summed E-state index contributed by atoms with van der Waals surface area (Å²) in [6.45, 7) is 2.84. The van der Waals surface area contributed by atoms with Crippen molar-refractivity contribution in [1.82, 2.24) is 15.1 Å². The summed E-state index contributed by atoms with van der Waals surface area (Å²) in [6.07, 6.45) is 10.8. The van der Waals surface area contributed by atoms with Gasteiger partial charge in [0.05, 0.1) is 6.54 Å². The number of aromatic nitrogens is 2. The minimum absolute atomic E-state index is 0.524. The Morgan fingerprint density at radius 3 is 2.89 bits per heavy atom. The number of nitrogens with zero attached hydrogens (tertiary/aromatic N) is 3. The Labute approximate surface area is 119 Å². The first-order valence-electron chi connectivity index (χ1n) is 7.25. The lowest BCUT2D eigenvalue weighted by molar-refractivity contribution is 0.232. The standard InChI is InChI=1S/C14H22N4S/c1-2-5-14(6-3-1)11-16-13(19-12-14)15-8-10-18-9-4-7-17-18/h4,7,9H,1-3,5-6,8,10-12H2,(H,15,16). The Balaban J connectivity index is 1.45. The number of hydrogen-bond donors (Lipinski definition) is 1. The van der Waals surface area contributed by atoms with Crippen LogP contribution in [0.1, 0.15) is 32.1 Å². The fraction of sp³-hybridized carbons (Fsp3) is 0.714. The Kier molecular flexibility index (Phi) is 4.11. The summed E-state index contributed by atoms with van der Waals surface area (Å²) in [5, 5.41) is 8.76. The second-order valence-electron chi connectivity index (χ2n) is 5.67. The van der Waals surface area contributed by atoms with Crippen molar-refractivity contribution in [3.05, 3.63) is 18.5 Å². The average Bonchev–Trinajstić information content (AvgIpc) is 2.96. The molecule has 2 heterocycles. The highest BCUT2D eigenvalue weighted by Gasteiger charge is 2.34. The van der Waals surface area contributed by atoms with E-state index in [4.69, 9.17) is 4.99 Å². The second kappa shape index (κ2) is 5.99. The molecule has 1 N–H and O–H groups in total. The number of rotatable bonds is 3. The van der Waals surface area contributed by atoms with E-state index in [9.17, 15) is 0 Å². The Hall–Kier alpha value is -0.970. The van der Waals surface area contributed by atoms with Gasteiger partial charge in [-0.3, -0.25) is 9.67 Å². The van der Waals surface area contributed by atoms with Gasteiger partial charge in [0.2, 0.25) is 0 Å². The first-order chi connectivity index (χ1) is 9.36. The van der Waals surface area contributed by atoms with Crippen molar-refractivity contribution in [3.8, 4) is 0 Å². The second-order valence-corrected chi connectivity index (χ2v) is 6.63. The van der Waals surface area contributed by atoms with Crippen LogP contribution in [0.5, 0.6) is 0 Å². The van der Waals surface area contributed by atoms with E-state index in [-0.39, 0.29) is 0 Å². The molecule has 104 valence electrons. The third kappa shape index (κ3) is 3.32. The summed E-state index contributed by atoms with van der Waals surface area (Å²) in [6, 6.07) is 1.96. The van der Waals surface area contributed by atoms with Gasteiger partial charge in [0.1, 0.15) is 0 Å². The van der Waals surface area contributed by atoms with Crippen molar-refractivity contribution < 1.29 is 0 Å². The van der Waals surface area contributed by atoms with E-state index in [1.807, 2.05) is 34.9 Å². The van der Waals surface area contributed by atoms with Gasteiger partial charge < -0.3 is 5.32 Å². The monoisotopic (exact) mass is 278 g/mol. The molecule has 0 radical (unpaired) electrons. The van der Waals surface area contributed by atoms with E-state index in [0.29, 0.717) is 5.41 Å². The number of aliphatic imine (C=N–C) groups is 1. The molecule has 2 aliphatic rings. The minimum Gasteiger partial charge on any atom is -0.363 e. The van der Waals surface area contributed by atoms with Crippen molar-refractivity contribution in [2.45, 2.75) is 38.6 Å². The van der Waals surface area contributed by atoms with Crippen molar-refractivity contribution in [2.24, 2.45) is 10.4 Å². The van der Waals surface area contributed by atoms with Crippen LogP contribution in [-0.4, -0.2) is 33.8 Å². The molecule has 3 rings (SSSR count). The van der Waals surface area contributed by atoms with Crippen LogP contribution in [0, 0.1) is 5.41 Å². The summed E-state index contributed by atoms with van der Waals surface area (Å²) in [7, 11) is 0. The molecule has 1 fully saturated rings. The van der Waals surface area contributed by atoms with Crippen molar-refractivity contribution in [3.63, 3.8) is 0 Å². The number of thioether (sulfide) groups is 1. The Bertz CT molecular complexity index is 421. The van der Waals surface area contributed by atoms with E-state index in [0.717, 1.165) is 24.8 Å². The maximum absolute atomic E-state index is 4.76. The molecule has 1 aromatic heterocycles. The van der Waals surface area contributed by atoms with E-state index in [1.54, 1.807) is 0 Å². The third-order valence-corrected chi connectivity index (χ3v) is 5.47. The maximum atomic E-state index is 4.76. The molecule has 0 unspecified atom stereocenters. The quantitative estimate of drug-likeness (QED) is 0.924. The molecule has 0 bridgehead atoms. The van der Waals surface area contributed by atoms with Crippen molar-refractivity contribution in [2.75, 3.05) is 18.8 Å². The smallest absolute Gasteiger partial charge is 0.156 e. The lowest BCUT2D eigenvalue weighted by Gasteiger charge is -2.38. The minimum atomic E-state index is 0.524. The van der Waals surface area contributed by atoms with Gasteiger partial charge in [0, 0.05) is 31.2 Å². The molecule has 0 aromatic carbocycles. The molecule has 19 heavy (non-hydrogen) atoms. The van der Waals surface area contributed by atoms with Crippen LogP contribution in [0.4, 0.5) is 0 Å². The highest BCUT2D eigenvalue weighted by Crippen LogP contribution is 2.41. The molecule has 5 heteroatoms. The Morgan fingerprint density at radius 2 is 2.21 bits per heavy atom. The Morgan fingerprint density at radius 1 is 1.32 bits per heavy atom. The fourth-order valence-electron chi connectivity index (χ4n) is 2.97. The van der Waals surface area contributed by atoms with Gasteiger partial charge in [0.25, 0.3) is 0 Å². The van der Waals surface area contributed by atoms with E-state index in [2.05, 4.69) is 10.4 Å². The molecule has 1 aromatic rings. The van der Waals surface area contributed by atoms with Gasteiger partial charge in [-0.25, -0.2) is 0 Å². The molecule has 0 atom stereocenters. The average molecular weight is 278 g/mol. The normalized spacial score (nSPS) is 22.2. The van der Waals surface area contributed by atoms with Crippen molar-refractivity contribution in [1.29, 1.82) is 0 Å². The van der Waals surface area contributed by atoms with Crippen LogP contribution in [0.3, 0.4) is 0 Å². The molecule has 0 saturated heterocycles. The van der Waals surface area contributed by atoms with Gasteiger partial charge in [-0.1, -0.05) is 31.0 Å². The number of nitrogens with one attached hydrogen (secondary N) is 1. The predicted octanol–water partition coefficient (Wildman–Crippen LogP) is 2.53. The van der Waals surface area contributed by atoms with Gasteiger partial charge in [0.15, 0.2) is 5.17 Å². The van der Waals surface area contributed by atoms with Crippen LogP contribution in [-0.2, 0) is 6.54 Å². The third-order valence-electron chi connectivity index (χ3n) is 4.16. The van der Waals surface area contributed by atoms with E-state index >= 15 is 0 Å². The summed E-state index contributed by atoms with van der Waals surface area (Å²) in [5.41, 5.74) is 0.524. The molecule has 0 amide bonds. The number of hydrogen-bond acceptors (Lipinski definition) is 4. The largest absolute Gasteiger partial charge is 0.363 e. The van der Waals surface area contributed by atoms with Crippen molar-refractivity contribution >= 4 is 16.9 Å². The van der Waals surface area contributed by atoms with Gasteiger partial charge in [-0.2, -0.15) is 5.10 Å². The highest BCUT2D eigenvalue weighted by atomic mass is 32.2. The van der Waals surface area contributed by atoms with Crippen LogP contribution < -0.4 is 5.32 Å². The summed E-state index contributed by atoms with van der Waals surface area (Å²) in [5.74, 6) is 1.25. The van der Waals surface area contributed by atoms with E-state index < -0.39 is 0 Å². The first-order valence-corrected chi connectivity index (χ1v) is 8.24. The first kappa shape index (κ1) is 13.0. The highest BCUT2D eigenvalue weighted by molar-refractivity contribution is 8.13. The number of amidine groups is 1. The molecule has 1 aliphatic carbocycles. The van der Waals surface area contributed by atoms with Gasteiger partial charge >= 0.3 is 0 Å². The lowest BCUT2D eigenvalue weighted by Crippen LogP contribution is -2.37. The molecule has 4 nitrogen and oxygen atoms in total. The van der Waals surface area contributed by atoms with Crippen LogP contribution in [0.2, 0.25) is 0 Å². The summed E-state index contributed by atoms with van der Waals surface area (Å²) in [4.78, 5) is 4.76. The molecule has 1 aliphatic heterocycles. The lowest BCUT2D eigenvalue weighted by atomic mass is 9.75. The zero-order valence-electron chi connectivity index (χ0n) is 11.3. The van der Waals surface area contributed by atoms with E-state index in [1.165, 1.54) is 37.9 Å². The van der Waals surface area contributed by atoms with Crippen LogP contribution in [0.25, 0.3) is 0 Å². The fourth-order valence-corrected chi connectivity index (χ4v) is 4.16. The summed E-state index contributed by atoms with van der Waals surface area (Å²) < 4.78 is 1.95. The molecular weight excluding hydrogens is 256 g/mol. The maximum Gasteiger partial charge on any atom is 0.156 e.